The third kappa shape index (κ3) is 2.76. The zero-order chi connectivity index (χ0) is 12.4. The van der Waals surface area contributed by atoms with Crippen LogP contribution in [0.5, 0.6) is 5.75 Å². The summed E-state index contributed by atoms with van der Waals surface area (Å²) in [6, 6.07) is 3.70. The smallest absolute Gasteiger partial charge is 0.166 e. The lowest BCUT2D eigenvalue weighted by molar-refractivity contribution is 0.221. The Bertz CT molecular complexity index is 526. The molecular formula is C11H13BrN4O. The maximum atomic E-state index is 5.74. The van der Waals surface area contributed by atoms with Crippen LogP contribution in [0, 0.1) is 0 Å². The Morgan fingerprint density at radius 1 is 1.53 bits per heavy atom. The number of aryl methyl sites for hydroxylation is 1. The highest BCUT2D eigenvalue weighted by Gasteiger charge is 2.12. The van der Waals surface area contributed by atoms with Crippen LogP contribution in [0.2, 0.25) is 0 Å². The van der Waals surface area contributed by atoms with E-state index in [1.165, 1.54) is 0 Å². The molecule has 0 aliphatic carbocycles. The third-order valence-electron chi connectivity index (χ3n) is 2.30. The topological polar surface area (TPSA) is 66.0 Å². The highest BCUT2D eigenvalue weighted by atomic mass is 79.9. The molecule has 0 aliphatic heterocycles. The number of halogens is 1. The van der Waals surface area contributed by atoms with Gasteiger partial charge in [-0.05, 0) is 35.0 Å². The number of aromatic nitrogens is 3. The summed E-state index contributed by atoms with van der Waals surface area (Å²) in [5.74, 6) is 0.925. The second-order valence-corrected chi connectivity index (χ2v) is 4.63. The lowest BCUT2D eigenvalue weighted by Crippen LogP contribution is -2.07. The molecule has 0 saturated heterocycles. The largest absolute Gasteiger partial charge is 0.480 e. The van der Waals surface area contributed by atoms with Crippen molar-refractivity contribution in [1.29, 1.82) is 0 Å². The van der Waals surface area contributed by atoms with Crippen molar-refractivity contribution in [2.75, 3.05) is 5.73 Å². The summed E-state index contributed by atoms with van der Waals surface area (Å²) in [6.45, 7) is 1.92. The van der Waals surface area contributed by atoms with Crippen molar-refractivity contribution < 1.29 is 4.74 Å². The predicted octanol–water partition coefficient (Wildman–Crippen LogP) is 2.30. The zero-order valence-electron chi connectivity index (χ0n) is 9.59. The maximum absolute atomic E-state index is 5.74. The molecule has 0 amide bonds. The Hall–Kier alpha value is -1.56. The van der Waals surface area contributed by atoms with Gasteiger partial charge in [0.2, 0.25) is 0 Å². The van der Waals surface area contributed by atoms with Crippen molar-refractivity contribution in [2.24, 2.45) is 7.05 Å². The molecule has 0 aromatic carbocycles. The minimum atomic E-state index is -0.172. The number of anilines is 1. The van der Waals surface area contributed by atoms with Crippen molar-refractivity contribution in [1.82, 2.24) is 14.8 Å². The number of nitrogen functional groups attached to an aromatic ring is 1. The van der Waals surface area contributed by atoms with E-state index in [1.54, 1.807) is 16.9 Å². The maximum Gasteiger partial charge on any atom is 0.166 e. The molecule has 2 aromatic heterocycles. The summed E-state index contributed by atoms with van der Waals surface area (Å²) in [5.41, 5.74) is 6.59. The molecule has 2 aromatic rings. The molecule has 1 atom stereocenters. The molecule has 0 radical (unpaired) electrons. The van der Waals surface area contributed by atoms with Crippen molar-refractivity contribution in [3.05, 3.63) is 34.7 Å². The average Bonchev–Trinajstić information content (AvgIpc) is 2.70. The van der Waals surface area contributed by atoms with Crippen LogP contribution >= 0.6 is 15.9 Å². The van der Waals surface area contributed by atoms with Crippen LogP contribution in [-0.2, 0) is 7.05 Å². The number of hydrogen-bond donors (Lipinski definition) is 1. The first-order valence-electron chi connectivity index (χ1n) is 5.13. The van der Waals surface area contributed by atoms with E-state index in [0.29, 0.717) is 11.6 Å². The number of nitrogens with two attached hydrogens (primary N) is 1. The third-order valence-corrected chi connectivity index (χ3v) is 2.74. The van der Waals surface area contributed by atoms with Gasteiger partial charge in [0.15, 0.2) is 11.6 Å². The molecule has 5 nitrogen and oxygen atoms in total. The van der Waals surface area contributed by atoms with Gasteiger partial charge in [-0.2, -0.15) is 5.10 Å². The fourth-order valence-corrected chi connectivity index (χ4v) is 1.74. The summed E-state index contributed by atoms with van der Waals surface area (Å²) in [4.78, 5) is 4.01. The molecular weight excluding hydrogens is 284 g/mol. The van der Waals surface area contributed by atoms with Crippen LogP contribution in [-0.4, -0.2) is 14.8 Å². The van der Waals surface area contributed by atoms with Gasteiger partial charge < -0.3 is 10.5 Å². The van der Waals surface area contributed by atoms with Gasteiger partial charge in [-0.15, -0.1) is 0 Å². The molecule has 0 spiro atoms. The normalized spacial score (nSPS) is 12.4. The molecule has 2 rings (SSSR count). The molecule has 90 valence electrons. The summed E-state index contributed by atoms with van der Waals surface area (Å²) >= 11 is 3.33. The fraction of sp³-hybridized carbons (Fsp3) is 0.273. The van der Waals surface area contributed by atoms with E-state index >= 15 is 0 Å². The van der Waals surface area contributed by atoms with E-state index in [1.807, 2.05) is 26.2 Å². The standard InChI is InChI=1S/C11H13BrN4O/c1-7(9-3-4-16(2)15-9)17-10-5-8(12)6-14-11(10)13/h3-7H,1-2H3,(H2,13,14)/t7-/m0/s1. The minimum Gasteiger partial charge on any atom is -0.480 e. The van der Waals surface area contributed by atoms with Gasteiger partial charge in [0, 0.05) is 23.9 Å². The Labute approximate surface area is 108 Å². The van der Waals surface area contributed by atoms with Crippen LogP contribution in [0.1, 0.15) is 18.7 Å². The van der Waals surface area contributed by atoms with Gasteiger partial charge in [-0.3, -0.25) is 4.68 Å². The Morgan fingerprint density at radius 2 is 2.29 bits per heavy atom. The minimum absolute atomic E-state index is 0.172. The molecule has 0 bridgehead atoms. The van der Waals surface area contributed by atoms with Gasteiger partial charge in [0.25, 0.3) is 0 Å². The van der Waals surface area contributed by atoms with E-state index in [0.717, 1.165) is 10.2 Å². The number of pyridine rings is 1. The molecule has 2 N–H and O–H groups in total. The van der Waals surface area contributed by atoms with Crippen LogP contribution < -0.4 is 10.5 Å². The van der Waals surface area contributed by atoms with Crippen LogP contribution in [0.25, 0.3) is 0 Å². The summed E-state index contributed by atoms with van der Waals surface area (Å²) in [6.07, 6.45) is 3.33. The summed E-state index contributed by atoms with van der Waals surface area (Å²) in [5, 5.41) is 4.28. The van der Waals surface area contributed by atoms with Crippen LogP contribution in [0.15, 0.2) is 29.0 Å². The Kier molecular flexibility index (Phi) is 3.33. The Balaban J connectivity index is 2.18. The molecule has 2 heterocycles. The van der Waals surface area contributed by atoms with E-state index < -0.39 is 0 Å². The Morgan fingerprint density at radius 3 is 2.94 bits per heavy atom. The number of rotatable bonds is 3. The quantitative estimate of drug-likeness (QED) is 0.944. The lowest BCUT2D eigenvalue weighted by atomic mass is 10.3. The van der Waals surface area contributed by atoms with E-state index in [4.69, 9.17) is 10.5 Å². The molecule has 0 unspecified atom stereocenters. The summed E-state index contributed by atoms with van der Waals surface area (Å²) in [7, 11) is 1.87. The van der Waals surface area contributed by atoms with Crippen molar-refractivity contribution in [3.8, 4) is 5.75 Å². The second kappa shape index (κ2) is 4.75. The van der Waals surface area contributed by atoms with Gasteiger partial charge in [-0.25, -0.2) is 4.98 Å². The number of nitrogens with zero attached hydrogens (tertiary/aromatic N) is 3. The lowest BCUT2D eigenvalue weighted by Gasteiger charge is -2.13. The van der Waals surface area contributed by atoms with E-state index in [-0.39, 0.29) is 6.10 Å². The van der Waals surface area contributed by atoms with Gasteiger partial charge in [0.1, 0.15) is 11.8 Å². The van der Waals surface area contributed by atoms with Gasteiger partial charge in [-0.1, -0.05) is 0 Å². The molecule has 17 heavy (non-hydrogen) atoms. The first-order chi connectivity index (χ1) is 8.06. The highest BCUT2D eigenvalue weighted by molar-refractivity contribution is 9.10. The van der Waals surface area contributed by atoms with Crippen LogP contribution in [0.3, 0.4) is 0 Å². The molecule has 6 heteroatoms. The predicted molar refractivity (Wildman–Crippen MR) is 68.6 cm³/mol. The number of hydrogen-bond acceptors (Lipinski definition) is 4. The SMILES string of the molecule is C[C@H](Oc1cc(Br)cnc1N)c1ccn(C)n1. The van der Waals surface area contributed by atoms with Gasteiger partial charge in [0.05, 0.1) is 0 Å². The summed E-state index contributed by atoms with van der Waals surface area (Å²) < 4.78 is 8.29. The number of ether oxygens (including phenoxy) is 1. The van der Waals surface area contributed by atoms with E-state index in [9.17, 15) is 0 Å². The highest BCUT2D eigenvalue weighted by Crippen LogP contribution is 2.27. The molecule has 0 fully saturated rings. The monoisotopic (exact) mass is 296 g/mol. The van der Waals surface area contributed by atoms with Crippen LogP contribution in [0.4, 0.5) is 5.82 Å². The zero-order valence-corrected chi connectivity index (χ0v) is 11.2. The van der Waals surface area contributed by atoms with Crippen molar-refractivity contribution >= 4 is 21.7 Å². The van der Waals surface area contributed by atoms with Crippen molar-refractivity contribution in [3.63, 3.8) is 0 Å². The first kappa shape index (κ1) is 11.9. The molecule has 0 aliphatic rings. The molecule has 0 saturated carbocycles. The van der Waals surface area contributed by atoms with Crippen molar-refractivity contribution in [2.45, 2.75) is 13.0 Å². The van der Waals surface area contributed by atoms with E-state index in [2.05, 4.69) is 26.0 Å². The fourth-order valence-electron chi connectivity index (χ4n) is 1.43. The second-order valence-electron chi connectivity index (χ2n) is 3.71. The first-order valence-corrected chi connectivity index (χ1v) is 5.93. The average molecular weight is 297 g/mol. The van der Waals surface area contributed by atoms with Gasteiger partial charge >= 0.3 is 0 Å².